The Morgan fingerprint density at radius 3 is 2.48 bits per heavy atom. The molecule has 0 aliphatic heterocycles. The van der Waals surface area contributed by atoms with Crippen LogP contribution in [0.1, 0.15) is 21.6 Å². The number of carbonyl (C=O) groups excluding carboxylic acids is 1. The third kappa shape index (κ3) is 5.42. The minimum atomic E-state index is -3.50. The van der Waals surface area contributed by atoms with Crippen LogP contribution in [0.25, 0.3) is 0 Å². The zero-order valence-electron chi connectivity index (χ0n) is 12.3. The van der Waals surface area contributed by atoms with Crippen molar-refractivity contribution in [2.24, 2.45) is 0 Å². The summed E-state index contributed by atoms with van der Waals surface area (Å²) in [5.41, 5.74) is 1.62. The normalized spacial score (nSPS) is 11.2. The fourth-order valence-electron chi connectivity index (χ4n) is 1.81. The van der Waals surface area contributed by atoms with Crippen LogP contribution in [-0.2, 0) is 27.1 Å². The van der Waals surface area contributed by atoms with Crippen LogP contribution in [0.3, 0.4) is 0 Å². The predicted octanol–water partition coefficient (Wildman–Crippen LogP) is 2.25. The quantitative estimate of drug-likeness (QED) is 0.754. The number of methoxy groups -OCH3 is 1. The summed E-state index contributed by atoms with van der Waals surface area (Å²) < 4.78 is 32.0. The van der Waals surface area contributed by atoms with Crippen molar-refractivity contribution in [3.8, 4) is 0 Å². The fraction of sp³-hybridized carbons (Fsp3) is 0.200. The third-order valence-corrected chi connectivity index (χ3v) is 4.73. The molecule has 0 saturated carbocycles. The average molecular weight is 399 g/mol. The van der Waals surface area contributed by atoms with Gasteiger partial charge in [-0.2, -0.15) is 0 Å². The lowest BCUT2D eigenvalue weighted by Gasteiger charge is -2.07. The highest BCUT2D eigenvalue weighted by atomic mass is 79.9. The molecule has 0 bridgehead atoms. The van der Waals surface area contributed by atoms with Gasteiger partial charge in [0.1, 0.15) is 5.75 Å². The summed E-state index contributed by atoms with van der Waals surface area (Å²) >= 11 is 3.25. The Labute approximate surface area is 143 Å². The van der Waals surface area contributed by atoms with Gasteiger partial charge in [-0.1, -0.05) is 12.1 Å². The van der Waals surface area contributed by atoms with E-state index in [1.54, 1.807) is 42.6 Å². The molecular weight excluding hydrogens is 384 g/mol. The summed E-state index contributed by atoms with van der Waals surface area (Å²) in [6.45, 7) is 0.139. The van der Waals surface area contributed by atoms with Crippen LogP contribution in [-0.4, -0.2) is 26.5 Å². The minimum absolute atomic E-state index is 0.139. The van der Waals surface area contributed by atoms with Crippen molar-refractivity contribution in [1.29, 1.82) is 0 Å². The second-order valence-corrected chi connectivity index (χ2v) is 7.46. The van der Waals surface area contributed by atoms with Crippen LogP contribution in [0, 0.1) is 0 Å². The Morgan fingerprint density at radius 1 is 1.22 bits per heavy atom. The summed E-state index contributed by atoms with van der Waals surface area (Å²) in [4.78, 5) is 15.4. The summed E-state index contributed by atoms with van der Waals surface area (Å²) in [5, 5.41) is 0. The van der Waals surface area contributed by atoms with Gasteiger partial charge in [0, 0.05) is 17.2 Å². The highest BCUT2D eigenvalue weighted by Gasteiger charge is 2.12. The number of ether oxygens (including phenoxy) is 1. The average Bonchev–Trinajstić information content (AvgIpc) is 2.55. The Kier molecular flexibility index (Phi) is 5.86. The van der Waals surface area contributed by atoms with Crippen LogP contribution in [0.2, 0.25) is 0 Å². The van der Waals surface area contributed by atoms with Crippen molar-refractivity contribution in [3.05, 3.63) is 63.9 Å². The number of nitrogens with zero attached hydrogens (tertiary/aromatic N) is 1. The van der Waals surface area contributed by atoms with E-state index in [1.807, 2.05) is 0 Å². The summed E-state index contributed by atoms with van der Waals surface area (Å²) in [6.07, 6.45) is 1.55. The summed E-state index contributed by atoms with van der Waals surface area (Å²) in [5.74, 6) is -0.626. The minimum Gasteiger partial charge on any atom is -0.465 e. The van der Waals surface area contributed by atoms with E-state index in [4.69, 9.17) is 0 Å². The molecular formula is C15H15BrN2O4S. The SMILES string of the molecule is COC(=O)c1ccc(CNS(=O)(=O)Cc2ccc(Br)cn2)cc1. The first kappa shape index (κ1) is 17.6. The van der Waals surface area contributed by atoms with E-state index in [0.29, 0.717) is 11.3 Å². The van der Waals surface area contributed by atoms with Crippen molar-refractivity contribution in [2.75, 3.05) is 7.11 Å². The van der Waals surface area contributed by atoms with Gasteiger partial charge in [0.15, 0.2) is 0 Å². The van der Waals surface area contributed by atoms with Crippen LogP contribution < -0.4 is 4.72 Å². The molecule has 8 heteroatoms. The molecule has 2 aromatic rings. The van der Waals surface area contributed by atoms with Gasteiger partial charge in [0.2, 0.25) is 10.0 Å². The van der Waals surface area contributed by atoms with Crippen molar-refractivity contribution < 1.29 is 17.9 Å². The first-order valence-corrected chi connectivity index (χ1v) is 9.09. The molecule has 0 fully saturated rings. The zero-order chi connectivity index (χ0) is 16.9. The van der Waals surface area contributed by atoms with Gasteiger partial charge in [-0.15, -0.1) is 0 Å². The van der Waals surface area contributed by atoms with Crippen molar-refractivity contribution >= 4 is 31.9 Å². The largest absolute Gasteiger partial charge is 0.465 e. The van der Waals surface area contributed by atoms with Gasteiger partial charge in [0.25, 0.3) is 0 Å². The van der Waals surface area contributed by atoms with E-state index in [9.17, 15) is 13.2 Å². The van der Waals surface area contributed by atoms with E-state index in [0.717, 1.165) is 10.0 Å². The molecule has 1 aromatic carbocycles. The molecule has 122 valence electrons. The number of halogens is 1. The lowest BCUT2D eigenvalue weighted by Crippen LogP contribution is -2.25. The molecule has 23 heavy (non-hydrogen) atoms. The van der Waals surface area contributed by atoms with Crippen LogP contribution in [0.5, 0.6) is 0 Å². The Hall–Kier alpha value is -1.77. The number of sulfonamides is 1. The van der Waals surface area contributed by atoms with Gasteiger partial charge >= 0.3 is 5.97 Å². The topological polar surface area (TPSA) is 85.4 Å². The van der Waals surface area contributed by atoms with Gasteiger partial charge < -0.3 is 4.74 Å². The smallest absolute Gasteiger partial charge is 0.337 e. The predicted molar refractivity (Wildman–Crippen MR) is 89.2 cm³/mol. The highest BCUT2D eigenvalue weighted by Crippen LogP contribution is 2.10. The van der Waals surface area contributed by atoms with Crippen molar-refractivity contribution in [1.82, 2.24) is 9.71 Å². The van der Waals surface area contributed by atoms with E-state index in [1.165, 1.54) is 7.11 Å². The molecule has 0 radical (unpaired) electrons. The van der Waals surface area contributed by atoms with Crippen molar-refractivity contribution in [3.63, 3.8) is 0 Å². The van der Waals surface area contributed by atoms with Gasteiger partial charge in [-0.05, 0) is 45.8 Å². The maximum absolute atomic E-state index is 12.0. The molecule has 6 nitrogen and oxygen atoms in total. The second-order valence-electron chi connectivity index (χ2n) is 4.74. The van der Waals surface area contributed by atoms with Gasteiger partial charge in [-0.3, -0.25) is 4.98 Å². The molecule has 1 heterocycles. The number of aromatic nitrogens is 1. The van der Waals surface area contributed by atoms with Gasteiger partial charge in [-0.25, -0.2) is 17.9 Å². The van der Waals surface area contributed by atoms with E-state index in [2.05, 4.69) is 30.4 Å². The number of esters is 1. The monoisotopic (exact) mass is 398 g/mol. The third-order valence-electron chi connectivity index (χ3n) is 3.00. The maximum atomic E-state index is 12.0. The number of hydrogen-bond donors (Lipinski definition) is 1. The number of pyridine rings is 1. The fourth-order valence-corrected chi connectivity index (χ4v) is 3.09. The molecule has 0 amide bonds. The first-order chi connectivity index (χ1) is 10.9. The second kappa shape index (κ2) is 7.67. The number of nitrogens with one attached hydrogen (secondary N) is 1. The zero-order valence-corrected chi connectivity index (χ0v) is 14.7. The van der Waals surface area contributed by atoms with Crippen LogP contribution >= 0.6 is 15.9 Å². The Balaban J connectivity index is 1.96. The van der Waals surface area contributed by atoms with E-state index in [-0.39, 0.29) is 12.3 Å². The number of carbonyl (C=O) groups is 1. The molecule has 0 spiro atoms. The Bertz CT molecular complexity index is 774. The number of hydrogen-bond acceptors (Lipinski definition) is 5. The van der Waals surface area contributed by atoms with E-state index < -0.39 is 16.0 Å². The lowest BCUT2D eigenvalue weighted by atomic mass is 10.1. The van der Waals surface area contributed by atoms with Crippen LogP contribution in [0.4, 0.5) is 0 Å². The molecule has 1 aromatic heterocycles. The first-order valence-electron chi connectivity index (χ1n) is 6.64. The highest BCUT2D eigenvalue weighted by molar-refractivity contribution is 9.10. The van der Waals surface area contributed by atoms with Crippen LogP contribution in [0.15, 0.2) is 47.1 Å². The van der Waals surface area contributed by atoms with Crippen molar-refractivity contribution in [2.45, 2.75) is 12.3 Å². The maximum Gasteiger partial charge on any atom is 0.337 e. The number of rotatable bonds is 6. The summed E-state index contributed by atoms with van der Waals surface area (Å²) in [7, 11) is -2.19. The molecule has 0 aliphatic rings. The summed E-state index contributed by atoms with van der Waals surface area (Å²) in [6, 6.07) is 9.91. The van der Waals surface area contributed by atoms with Gasteiger partial charge in [0.05, 0.1) is 18.4 Å². The molecule has 0 saturated heterocycles. The molecule has 0 atom stereocenters. The molecule has 2 rings (SSSR count). The molecule has 0 unspecified atom stereocenters. The lowest BCUT2D eigenvalue weighted by molar-refractivity contribution is 0.0600. The standard InChI is InChI=1S/C15H15BrN2O4S/c1-22-15(19)12-4-2-11(3-5-12)8-18-23(20,21)10-14-7-6-13(16)9-17-14/h2-7,9,18H,8,10H2,1H3. The van der Waals surface area contributed by atoms with E-state index >= 15 is 0 Å². The molecule has 1 N–H and O–H groups in total. The Morgan fingerprint density at radius 2 is 1.91 bits per heavy atom. The molecule has 0 aliphatic carbocycles. The number of benzene rings is 1.